The van der Waals surface area contributed by atoms with Crippen molar-refractivity contribution in [3.05, 3.63) is 41.0 Å². The van der Waals surface area contributed by atoms with Crippen molar-refractivity contribution in [1.29, 1.82) is 0 Å². The summed E-state index contributed by atoms with van der Waals surface area (Å²) in [4.78, 5) is 36.8. The molecule has 140 valence electrons. The van der Waals surface area contributed by atoms with Gasteiger partial charge in [0.2, 0.25) is 0 Å². The summed E-state index contributed by atoms with van der Waals surface area (Å²) < 4.78 is 9.99. The zero-order valence-electron chi connectivity index (χ0n) is 15.5. The Morgan fingerprint density at radius 3 is 2.23 bits per heavy atom. The third-order valence-corrected chi connectivity index (χ3v) is 4.49. The average molecular weight is 358 g/mol. The van der Waals surface area contributed by atoms with Crippen molar-refractivity contribution in [1.82, 2.24) is 0 Å². The number of carbonyl (C=O) groups excluding carboxylic acids is 3. The van der Waals surface area contributed by atoms with Gasteiger partial charge in [0.05, 0.1) is 12.7 Å². The van der Waals surface area contributed by atoms with Gasteiger partial charge >= 0.3 is 11.9 Å². The number of carbonyl (C=O) groups is 3. The summed E-state index contributed by atoms with van der Waals surface area (Å²) in [5.74, 6) is -1.64. The second-order valence-corrected chi connectivity index (χ2v) is 6.43. The molecule has 1 aliphatic rings. The molecule has 0 fully saturated rings. The maximum absolute atomic E-state index is 12.6. The first kappa shape index (κ1) is 19.9. The Balaban J connectivity index is 2.08. The van der Waals surface area contributed by atoms with Crippen LogP contribution in [0.25, 0.3) is 5.76 Å². The first-order valence-electron chi connectivity index (χ1n) is 9.27. The lowest BCUT2D eigenvalue weighted by molar-refractivity contribution is -0.137. The highest BCUT2D eigenvalue weighted by Gasteiger charge is 2.34. The van der Waals surface area contributed by atoms with Crippen LogP contribution in [0.3, 0.4) is 0 Å². The first-order chi connectivity index (χ1) is 12.6. The van der Waals surface area contributed by atoms with E-state index in [1.807, 2.05) is 0 Å². The third kappa shape index (κ3) is 4.81. The number of Topliss-reactive ketones (excluding diaryl/α,β-unsaturated/α-hetero) is 1. The number of ketones is 1. The van der Waals surface area contributed by atoms with E-state index in [0.29, 0.717) is 17.5 Å². The van der Waals surface area contributed by atoms with Gasteiger partial charge < -0.3 is 9.47 Å². The van der Waals surface area contributed by atoms with Crippen molar-refractivity contribution in [3.63, 3.8) is 0 Å². The van der Waals surface area contributed by atoms with Crippen LogP contribution in [0.2, 0.25) is 0 Å². The highest BCUT2D eigenvalue weighted by molar-refractivity contribution is 6.24. The van der Waals surface area contributed by atoms with Crippen molar-refractivity contribution in [3.8, 4) is 0 Å². The maximum Gasteiger partial charge on any atom is 0.345 e. The molecule has 1 heterocycles. The van der Waals surface area contributed by atoms with Gasteiger partial charge in [0.1, 0.15) is 5.57 Å². The Bertz CT molecular complexity index is 702. The number of unbranched alkanes of at least 4 members (excludes halogenated alkanes) is 6. The Morgan fingerprint density at radius 1 is 0.962 bits per heavy atom. The second kappa shape index (κ2) is 9.90. The molecular formula is C21H26O5. The lowest BCUT2D eigenvalue weighted by Crippen LogP contribution is -2.17. The van der Waals surface area contributed by atoms with Crippen LogP contribution < -0.4 is 0 Å². The van der Waals surface area contributed by atoms with Crippen LogP contribution in [0.15, 0.2) is 29.8 Å². The standard InChI is InChI=1S/C21H26O5/c1-3-4-5-6-7-8-9-14-17(22)18(21(24)25-2)19-15-12-10-11-13-16(15)20(23)26-19/h10-13H,3-9,14H2,1-2H3/b19-18+. The molecule has 2 rings (SSSR count). The minimum Gasteiger partial charge on any atom is -0.465 e. The summed E-state index contributed by atoms with van der Waals surface area (Å²) >= 11 is 0. The van der Waals surface area contributed by atoms with E-state index >= 15 is 0 Å². The second-order valence-electron chi connectivity index (χ2n) is 6.43. The number of fused-ring (bicyclic) bond motifs is 1. The lowest BCUT2D eigenvalue weighted by atomic mass is 9.99. The number of ether oxygens (including phenoxy) is 2. The summed E-state index contributed by atoms with van der Waals surface area (Å²) in [7, 11) is 1.21. The molecule has 0 saturated carbocycles. The lowest BCUT2D eigenvalue weighted by Gasteiger charge is -2.08. The summed E-state index contributed by atoms with van der Waals surface area (Å²) in [5.41, 5.74) is 0.648. The molecule has 0 amide bonds. The molecule has 0 atom stereocenters. The van der Waals surface area contributed by atoms with Gasteiger partial charge in [0.25, 0.3) is 0 Å². The molecule has 0 unspecified atom stereocenters. The van der Waals surface area contributed by atoms with E-state index in [0.717, 1.165) is 19.3 Å². The van der Waals surface area contributed by atoms with Gasteiger partial charge in [-0.2, -0.15) is 0 Å². The van der Waals surface area contributed by atoms with Crippen LogP contribution in [-0.2, 0) is 19.1 Å². The van der Waals surface area contributed by atoms with Gasteiger partial charge in [0.15, 0.2) is 11.5 Å². The number of rotatable bonds is 10. The molecule has 1 aromatic carbocycles. The fraction of sp³-hybridized carbons (Fsp3) is 0.476. The van der Waals surface area contributed by atoms with Crippen molar-refractivity contribution in [2.24, 2.45) is 0 Å². The van der Waals surface area contributed by atoms with Crippen molar-refractivity contribution >= 4 is 23.5 Å². The zero-order valence-corrected chi connectivity index (χ0v) is 15.5. The molecule has 1 aliphatic heterocycles. The summed E-state index contributed by atoms with van der Waals surface area (Å²) in [6.07, 6.45) is 7.78. The third-order valence-electron chi connectivity index (χ3n) is 4.49. The molecule has 0 aromatic heterocycles. The van der Waals surface area contributed by atoms with Gasteiger partial charge in [-0.3, -0.25) is 4.79 Å². The van der Waals surface area contributed by atoms with Gasteiger partial charge in [-0.05, 0) is 12.5 Å². The van der Waals surface area contributed by atoms with Crippen LogP contribution in [0.4, 0.5) is 0 Å². The molecule has 0 saturated heterocycles. The van der Waals surface area contributed by atoms with Gasteiger partial charge in [0, 0.05) is 12.0 Å². The van der Waals surface area contributed by atoms with E-state index in [4.69, 9.17) is 9.47 Å². The van der Waals surface area contributed by atoms with Crippen LogP contribution in [-0.4, -0.2) is 24.8 Å². The van der Waals surface area contributed by atoms with E-state index in [9.17, 15) is 14.4 Å². The fourth-order valence-electron chi connectivity index (χ4n) is 3.05. The molecule has 0 bridgehead atoms. The summed E-state index contributed by atoms with van der Waals surface area (Å²) in [6.45, 7) is 2.18. The number of methoxy groups -OCH3 is 1. The normalized spacial score (nSPS) is 14.6. The van der Waals surface area contributed by atoms with Crippen LogP contribution in [0.5, 0.6) is 0 Å². The highest BCUT2D eigenvalue weighted by Crippen LogP contribution is 2.33. The molecule has 26 heavy (non-hydrogen) atoms. The Kier molecular flexibility index (Phi) is 7.57. The average Bonchev–Trinajstić information content (AvgIpc) is 2.98. The predicted octanol–water partition coefficient (Wildman–Crippen LogP) is 4.45. The van der Waals surface area contributed by atoms with E-state index in [1.54, 1.807) is 24.3 Å². The topological polar surface area (TPSA) is 69.7 Å². The zero-order chi connectivity index (χ0) is 18.9. The quantitative estimate of drug-likeness (QED) is 0.203. The van der Waals surface area contributed by atoms with Gasteiger partial charge in [-0.1, -0.05) is 63.6 Å². The fourth-order valence-corrected chi connectivity index (χ4v) is 3.05. The summed E-state index contributed by atoms with van der Waals surface area (Å²) in [5, 5.41) is 0. The van der Waals surface area contributed by atoms with Crippen molar-refractivity contribution in [2.45, 2.75) is 58.3 Å². The Labute approximate surface area is 154 Å². The monoisotopic (exact) mass is 358 g/mol. The van der Waals surface area contributed by atoms with Crippen LogP contribution in [0.1, 0.15) is 74.2 Å². The number of hydrogen-bond donors (Lipinski definition) is 0. The molecule has 0 N–H and O–H groups in total. The number of benzene rings is 1. The molecular weight excluding hydrogens is 332 g/mol. The van der Waals surface area contributed by atoms with E-state index in [-0.39, 0.29) is 23.5 Å². The van der Waals surface area contributed by atoms with E-state index in [2.05, 4.69) is 6.92 Å². The largest absolute Gasteiger partial charge is 0.465 e. The SMILES string of the molecule is CCCCCCCCCC(=O)/C(C(=O)OC)=C1\OC(=O)c2ccccc21. The molecule has 1 aromatic rings. The number of cyclic esters (lactones) is 1. The molecule has 0 radical (unpaired) electrons. The van der Waals surface area contributed by atoms with Crippen LogP contribution >= 0.6 is 0 Å². The molecule has 0 spiro atoms. The van der Waals surface area contributed by atoms with E-state index < -0.39 is 11.9 Å². The smallest absolute Gasteiger partial charge is 0.345 e. The minimum absolute atomic E-state index is 0.0189. The number of hydrogen-bond acceptors (Lipinski definition) is 5. The number of esters is 2. The molecule has 5 nitrogen and oxygen atoms in total. The van der Waals surface area contributed by atoms with Gasteiger partial charge in [-0.15, -0.1) is 0 Å². The minimum atomic E-state index is -0.766. The molecule has 0 aliphatic carbocycles. The summed E-state index contributed by atoms with van der Waals surface area (Å²) in [6, 6.07) is 6.72. The molecule has 5 heteroatoms. The predicted molar refractivity (Wildman–Crippen MR) is 98.4 cm³/mol. The van der Waals surface area contributed by atoms with Crippen molar-refractivity contribution in [2.75, 3.05) is 7.11 Å². The van der Waals surface area contributed by atoms with E-state index in [1.165, 1.54) is 26.4 Å². The maximum atomic E-state index is 12.6. The Hall–Kier alpha value is -2.43. The van der Waals surface area contributed by atoms with Gasteiger partial charge in [-0.25, -0.2) is 9.59 Å². The first-order valence-corrected chi connectivity index (χ1v) is 9.27. The van der Waals surface area contributed by atoms with Crippen LogP contribution in [0, 0.1) is 0 Å². The Morgan fingerprint density at radius 2 is 1.58 bits per heavy atom. The van der Waals surface area contributed by atoms with Crippen molar-refractivity contribution < 1.29 is 23.9 Å². The highest BCUT2D eigenvalue weighted by atomic mass is 16.5.